The molecule has 0 aliphatic carbocycles. The van der Waals surface area contributed by atoms with Crippen LogP contribution in [0.5, 0.6) is 0 Å². The van der Waals surface area contributed by atoms with Crippen LogP contribution in [0.4, 0.5) is 0 Å². The molecule has 0 unspecified atom stereocenters. The van der Waals surface area contributed by atoms with E-state index in [-0.39, 0.29) is 10.9 Å². The van der Waals surface area contributed by atoms with Crippen molar-refractivity contribution in [2.45, 2.75) is 4.90 Å². The van der Waals surface area contributed by atoms with Gasteiger partial charge in [-0.3, -0.25) is 0 Å². The van der Waals surface area contributed by atoms with Crippen LogP contribution >= 0.6 is 11.6 Å². The van der Waals surface area contributed by atoms with Crippen molar-refractivity contribution in [3.8, 4) is 0 Å². The molecular formula is C19H19ClN4O2S. The van der Waals surface area contributed by atoms with E-state index in [1.165, 1.54) is 6.07 Å². The highest BCUT2D eigenvalue weighted by Gasteiger charge is 2.29. The monoisotopic (exact) mass is 402 g/mol. The van der Waals surface area contributed by atoms with Crippen molar-refractivity contribution in [3.63, 3.8) is 0 Å². The Morgan fingerprint density at radius 2 is 1.70 bits per heavy atom. The van der Waals surface area contributed by atoms with E-state index in [4.69, 9.17) is 16.6 Å². The summed E-state index contributed by atoms with van der Waals surface area (Å²) in [6, 6.07) is 14.2. The van der Waals surface area contributed by atoms with Gasteiger partial charge in [0.25, 0.3) is 10.0 Å². The molecule has 0 saturated carbocycles. The molecule has 2 aliphatic heterocycles. The first kappa shape index (κ1) is 18.2. The Labute approximate surface area is 163 Å². The molecule has 2 aromatic carbocycles. The Bertz CT molecular complexity index is 1030. The van der Waals surface area contributed by atoms with Crippen molar-refractivity contribution in [1.29, 1.82) is 0 Å². The maximum atomic E-state index is 13.0. The average molecular weight is 403 g/mol. The third kappa shape index (κ3) is 3.63. The minimum Gasteiger partial charge on any atom is -0.338 e. The first-order valence-corrected chi connectivity index (χ1v) is 10.5. The summed E-state index contributed by atoms with van der Waals surface area (Å²) in [5.74, 6) is 0.231. The van der Waals surface area contributed by atoms with Gasteiger partial charge in [0.15, 0.2) is 0 Å². The van der Waals surface area contributed by atoms with Gasteiger partial charge in [0.2, 0.25) is 5.96 Å². The quantitative estimate of drug-likeness (QED) is 0.735. The Balaban J connectivity index is 1.91. The van der Waals surface area contributed by atoms with Crippen LogP contribution in [0.3, 0.4) is 0 Å². The molecule has 140 valence electrons. The van der Waals surface area contributed by atoms with Crippen LogP contribution in [0.25, 0.3) is 0 Å². The number of halogens is 1. The van der Waals surface area contributed by atoms with Crippen molar-refractivity contribution in [2.75, 3.05) is 33.2 Å². The normalized spacial score (nSPS) is 19.7. The summed E-state index contributed by atoms with van der Waals surface area (Å²) < 4.78 is 30.0. The number of benzene rings is 2. The third-order valence-corrected chi connectivity index (χ3v) is 6.27. The summed E-state index contributed by atoms with van der Waals surface area (Å²) in [6.45, 7) is 3.00. The number of rotatable bonds is 1. The number of hydrogen-bond acceptors (Lipinski definition) is 5. The van der Waals surface area contributed by atoms with Crippen molar-refractivity contribution in [2.24, 2.45) is 9.39 Å². The second kappa shape index (κ2) is 7.07. The number of nitrogens with zero attached hydrogens (tertiary/aromatic N) is 4. The second-order valence-corrected chi connectivity index (χ2v) is 8.63. The van der Waals surface area contributed by atoms with Crippen molar-refractivity contribution >= 4 is 33.3 Å². The molecule has 2 heterocycles. The van der Waals surface area contributed by atoms with E-state index >= 15 is 0 Å². The summed E-state index contributed by atoms with van der Waals surface area (Å²) in [6.07, 6.45) is 0. The predicted molar refractivity (Wildman–Crippen MR) is 107 cm³/mol. The zero-order valence-electron chi connectivity index (χ0n) is 14.8. The van der Waals surface area contributed by atoms with Gasteiger partial charge in [-0.15, -0.1) is 4.40 Å². The van der Waals surface area contributed by atoms with Crippen LogP contribution in [-0.4, -0.2) is 63.1 Å². The van der Waals surface area contributed by atoms with E-state index in [1.807, 2.05) is 42.3 Å². The molecule has 4 rings (SSSR count). The van der Waals surface area contributed by atoms with E-state index in [0.717, 1.165) is 18.7 Å². The van der Waals surface area contributed by atoms with E-state index in [0.29, 0.717) is 29.4 Å². The van der Waals surface area contributed by atoms with Gasteiger partial charge in [0, 0.05) is 42.3 Å². The lowest BCUT2D eigenvalue weighted by molar-refractivity contribution is 0.214. The lowest BCUT2D eigenvalue weighted by atomic mass is 10.0. The molecule has 1 saturated heterocycles. The molecule has 8 heteroatoms. The average Bonchev–Trinajstić information content (AvgIpc) is 2.77. The molecule has 1 fully saturated rings. The van der Waals surface area contributed by atoms with Gasteiger partial charge in [0.1, 0.15) is 0 Å². The van der Waals surface area contributed by atoms with Gasteiger partial charge in [0.05, 0.1) is 10.6 Å². The van der Waals surface area contributed by atoms with Crippen molar-refractivity contribution in [1.82, 2.24) is 9.80 Å². The maximum absolute atomic E-state index is 13.0. The standard InChI is InChI=1S/C19H19ClN4O2S/c1-23-9-11-24(12-10-23)19-21-18(14-5-3-2-4-6-14)16-13-15(20)7-8-17(16)27(25,26)22-19/h2-8,13H,9-12H2,1H3. The lowest BCUT2D eigenvalue weighted by Gasteiger charge is -2.32. The molecule has 0 amide bonds. The molecule has 0 bridgehead atoms. The number of aliphatic imine (C=N–C) groups is 1. The fourth-order valence-corrected chi connectivity index (χ4v) is 4.52. The van der Waals surface area contributed by atoms with Gasteiger partial charge in [-0.25, -0.2) is 4.99 Å². The highest BCUT2D eigenvalue weighted by molar-refractivity contribution is 7.90. The summed E-state index contributed by atoms with van der Waals surface area (Å²) in [5.41, 5.74) is 1.85. The smallest absolute Gasteiger partial charge is 0.286 e. The van der Waals surface area contributed by atoms with Crippen LogP contribution in [0.2, 0.25) is 5.02 Å². The molecule has 2 aromatic rings. The fraction of sp³-hybridized carbons (Fsp3) is 0.263. The second-order valence-electron chi connectivity index (χ2n) is 6.62. The molecule has 6 nitrogen and oxygen atoms in total. The summed E-state index contributed by atoms with van der Waals surface area (Å²) in [4.78, 5) is 8.95. The number of piperazine rings is 1. The lowest BCUT2D eigenvalue weighted by Crippen LogP contribution is -2.47. The zero-order valence-corrected chi connectivity index (χ0v) is 16.4. The SMILES string of the molecule is CN1CCN(C2=NS(=O)(=O)c3ccc(Cl)cc3C(c3ccccc3)=N2)CC1. The molecule has 0 radical (unpaired) electrons. The molecule has 2 aliphatic rings. The number of sulfonamides is 1. The van der Waals surface area contributed by atoms with Crippen LogP contribution in [0.15, 0.2) is 62.8 Å². The molecule has 0 N–H and O–H groups in total. The topological polar surface area (TPSA) is 65.3 Å². The zero-order chi connectivity index (χ0) is 19.0. The highest BCUT2D eigenvalue weighted by atomic mass is 35.5. The summed E-state index contributed by atoms with van der Waals surface area (Å²) in [7, 11) is -1.85. The Hall–Kier alpha value is -2.22. The van der Waals surface area contributed by atoms with Gasteiger partial charge in [-0.05, 0) is 25.2 Å². The molecule has 0 spiro atoms. The van der Waals surface area contributed by atoms with Crippen LogP contribution in [-0.2, 0) is 10.0 Å². The van der Waals surface area contributed by atoms with Crippen LogP contribution in [0, 0.1) is 0 Å². The third-order valence-electron chi connectivity index (χ3n) is 4.72. The summed E-state index contributed by atoms with van der Waals surface area (Å²) in [5, 5.41) is 0.454. The van der Waals surface area contributed by atoms with Crippen molar-refractivity contribution < 1.29 is 8.42 Å². The van der Waals surface area contributed by atoms with Gasteiger partial charge in [-0.1, -0.05) is 41.9 Å². The predicted octanol–water partition coefficient (Wildman–Crippen LogP) is 2.48. The number of hydrogen-bond donors (Lipinski definition) is 0. The van der Waals surface area contributed by atoms with Gasteiger partial charge >= 0.3 is 0 Å². The van der Waals surface area contributed by atoms with E-state index in [1.54, 1.807) is 12.1 Å². The Morgan fingerprint density at radius 3 is 2.41 bits per heavy atom. The number of likely N-dealkylation sites (N-methyl/N-ethyl adjacent to an activating group) is 1. The fourth-order valence-electron chi connectivity index (χ4n) is 3.20. The minimum atomic E-state index is -3.89. The summed E-state index contributed by atoms with van der Waals surface area (Å²) >= 11 is 6.17. The minimum absolute atomic E-state index is 0.124. The van der Waals surface area contributed by atoms with Crippen molar-refractivity contribution in [3.05, 3.63) is 64.7 Å². The van der Waals surface area contributed by atoms with Crippen LogP contribution in [0.1, 0.15) is 11.1 Å². The highest BCUT2D eigenvalue weighted by Crippen LogP contribution is 2.28. The van der Waals surface area contributed by atoms with Gasteiger partial charge < -0.3 is 9.80 Å². The van der Waals surface area contributed by atoms with E-state index in [2.05, 4.69) is 9.30 Å². The van der Waals surface area contributed by atoms with E-state index < -0.39 is 10.0 Å². The first-order valence-electron chi connectivity index (χ1n) is 8.66. The molecule has 27 heavy (non-hydrogen) atoms. The Kier molecular flexibility index (Phi) is 4.75. The number of guanidine groups is 1. The maximum Gasteiger partial charge on any atom is 0.286 e. The molecule has 0 atom stereocenters. The Morgan fingerprint density at radius 1 is 1.00 bits per heavy atom. The largest absolute Gasteiger partial charge is 0.338 e. The van der Waals surface area contributed by atoms with Gasteiger partial charge in [-0.2, -0.15) is 8.42 Å². The first-order chi connectivity index (χ1) is 12.9. The van der Waals surface area contributed by atoms with E-state index in [9.17, 15) is 8.42 Å². The molecule has 0 aromatic heterocycles. The van der Waals surface area contributed by atoms with Crippen LogP contribution < -0.4 is 0 Å². The number of fused-ring (bicyclic) bond motifs is 1. The molecular weight excluding hydrogens is 384 g/mol.